The van der Waals surface area contributed by atoms with E-state index in [9.17, 15) is 4.79 Å². The molecule has 2 rings (SSSR count). The van der Waals surface area contributed by atoms with E-state index in [0.717, 1.165) is 17.4 Å². The number of carbonyl (C=O) groups excluding carboxylic acids is 1. The van der Waals surface area contributed by atoms with Crippen molar-refractivity contribution in [3.63, 3.8) is 0 Å². The monoisotopic (exact) mass is 233 g/mol. The van der Waals surface area contributed by atoms with Crippen molar-refractivity contribution in [1.29, 1.82) is 0 Å². The summed E-state index contributed by atoms with van der Waals surface area (Å²) in [6.07, 6.45) is 1.98. The maximum absolute atomic E-state index is 11.4. The molecule has 0 bridgehead atoms. The zero-order valence-corrected chi connectivity index (χ0v) is 9.64. The van der Waals surface area contributed by atoms with Gasteiger partial charge in [-0.05, 0) is 23.6 Å². The van der Waals surface area contributed by atoms with Crippen LogP contribution >= 0.6 is 0 Å². The molecule has 0 aliphatic carbocycles. The number of ether oxygens (including phenoxy) is 1. The van der Waals surface area contributed by atoms with Gasteiger partial charge in [-0.15, -0.1) is 0 Å². The van der Waals surface area contributed by atoms with Gasteiger partial charge in [0.15, 0.2) is 0 Å². The van der Waals surface area contributed by atoms with Crippen LogP contribution in [0.1, 0.15) is 10.4 Å². The van der Waals surface area contributed by atoms with Crippen LogP contribution < -0.4 is 11.3 Å². The van der Waals surface area contributed by atoms with Gasteiger partial charge in [0, 0.05) is 30.9 Å². The zero-order valence-electron chi connectivity index (χ0n) is 9.64. The number of nitrogen functional groups attached to an aromatic ring is 1. The van der Waals surface area contributed by atoms with Crippen molar-refractivity contribution < 1.29 is 9.53 Å². The van der Waals surface area contributed by atoms with Crippen molar-refractivity contribution in [2.45, 2.75) is 6.54 Å². The Morgan fingerprint density at radius 1 is 1.47 bits per heavy atom. The van der Waals surface area contributed by atoms with Gasteiger partial charge < -0.3 is 9.30 Å². The quantitative estimate of drug-likeness (QED) is 0.468. The van der Waals surface area contributed by atoms with E-state index in [1.165, 1.54) is 0 Å². The van der Waals surface area contributed by atoms with Crippen LogP contribution in [0.25, 0.3) is 10.9 Å². The number of carbonyl (C=O) groups is 1. The molecule has 0 radical (unpaired) electrons. The Morgan fingerprint density at radius 3 is 3.00 bits per heavy atom. The summed E-state index contributed by atoms with van der Waals surface area (Å²) in [5.41, 5.74) is 3.68. The number of hydrogen-bond acceptors (Lipinski definition) is 3. The number of nitrogens with zero attached hydrogens (tertiary/aromatic N) is 1. The van der Waals surface area contributed by atoms with E-state index in [4.69, 9.17) is 10.6 Å². The Kier molecular flexibility index (Phi) is 3.41. The normalized spacial score (nSPS) is 10.7. The number of nitrogens with one attached hydrogen (secondary N) is 1. The number of nitrogens with two attached hydrogens (primary N) is 1. The molecule has 0 unspecified atom stereocenters. The molecule has 0 saturated heterocycles. The Hall–Kier alpha value is -1.85. The van der Waals surface area contributed by atoms with Crippen molar-refractivity contribution >= 4 is 16.8 Å². The van der Waals surface area contributed by atoms with Crippen molar-refractivity contribution in [2.24, 2.45) is 5.84 Å². The molecule has 0 spiro atoms. The first kappa shape index (κ1) is 11.6. The number of aromatic nitrogens is 1. The van der Waals surface area contributed by atoms with E-state index in [2.05, 4.69) is 5.43 Å². The third-order valence-corrected chi connectivity index (χ3v) is 2.70. The fourth-order valence-corrected chi connectivity index (χ4v) is 1.79. The van der Waals surface area contributed by atoms with E-state index in [1.807, 2.05) is 29.0 Å². The molecule has 1 amide bonds. The minimum atomic E-state index is -0.286. The fraction of sp³-hybridized carbons (Fsp3) is 0.250. The van der Waals surface area contributed by atoms with Gasteiger partial charge in [0.25, 0.3) is 5.91 Å². The molecule has 1 aromatic heterocycles. The number of hydrazine groups is 1. The number of amides is 1. The maximum atomic E-state index is 11.4. The second-order valence-corrected chi connectivity index (χ2v) is 3.75. The van der Waals surface area contributed by atoms with E-state index in [1.54, 1.807) is 13.2 Å². The highest BCUT2D eigenvalue weighted by Crippen LogP contribution is 2.17. The molecule has 0 fully saturated rings. The summed E-state index contributed by atoms with van der Waals surface area (Å²) in [6.45, 7) is 1.39. The lowest BCUT2D eigenvalue weighted by molar-refractivity contribution is 0.0954. The van der Waals surface area contributed by atoms with Gasteiger partial charge in [-0.1, -0.05) is 6.07 Å². The van der Waals surface area contributed by atoms with Crippen LogP contribution in [0.2, 0.25) is 0 Å². The highest BCUT2D eigenvalue weighted by atomic mass is 16.5. The lowest BCUT2D eigenvalue weighted by atomic mass is 10.1. The van der Waals surface area contributed by atoms with E-state index in [-0.39, 0.29) is 5.91 Å². The topological polar surface area (TPSA) is 69.3 Å². The third-order valence-electron chi connectivity index (χ3n) is 2.70. The summed E-state index contributed by atoms with van der Waals surface area (Å²) in [5, 5.41) is 1.09. The molecular formula is C12H15N3O2. The number of fused-ring (bicyclic) bond motifs is 1. The first-order valence-corrected chi connectivity index (χ1v) is 5.35. The van der Waals surface area contributed by atoms with E-state index < -0.39 is 0 Å². The molecule has 3 N–H and O–H groups in total. The van der Waals surface area contributed by atoms with Crippen LogP contribution in [0.4, 0.5) is 0 Å². The van der Waals surface area contributed by atoms with Crippen molar-refractivity contribution in [3.8, 4) is 0 Å². The summed E-state index contributed by atoms with van der Waals surface area (Å²) >= 11 is 0. The second kappa shape index (κ2) is 4.99. The van der Waals surface area contributed by atoms with Crippen LogP contribution in [-0.2, 0) is 11.3 Å². The average molecular weight is 233 g/mol. The lowest BCUT2D eigenvalue weighted by Crippen LogP contribution is -2.29. The second-order valence-electron chi connectivity index (χ2n) is 3.75. The molecule has 0 aliphatic heterocycles. The van der Waals surface area contributed by atoms with E-state index in [0.29, 0.717) is 12.2 Å². The molecule has 2 aromatic rings. The third kappa shape index (κ3) is 2.30. The Morgan fingerprint density at radius 2 is 2.29 bits per heavy atom. The number of benzene rings is 1. The molecule has 1 heterocycles. The Balaban J connectivity index is 2.39. The summed E-state index contributed by atoms with van der Waals surface area (Å²) < 4.78 is 7.09. The van der Waals surface area contributed by atoms with Crippen molar-refractivity contribution in [3.05, 3.63) is 36.0 Å². The maximum Gasteiger partial charge on any atom is 0.265 e. The largest absolute Gasteiger partial charge is 0.383 e. The van der Waals surface area contributed by atoms with Crippen molar-refractivity contribution in [2.75, 3.05) is 13.7 Å². The Labute approximate surface area is 99.1 Å². The average Bonchev–Trinajstić information content (AvgIpc) is 2.77. The number of methoxy groups -OCH3 is 1. The first-order chi connectivity index (χ1) is 8.26. The Bertz CT molecular complexity index is 534. The van der Waals surface area contributed by atoms with Gasteiger partial charge in [-0.25, -0.2) is 5.84 Å². The van der Waals surface area contributed by atoms with Crippen LogP contribution in [0, 0.1) is 0 Å². The molecule has 1 aromatic carbocycles. The SMILES string of the molecule is COCCn1ccc2ccc(C(=O)NN)cc21. The summed E-state index contributed by atoms with van der Waals surface area (Å²) in [7, 11) is 1.67. The minimum Gasteiger partial charge on any atom is -0.383 e. The van der Waals surface area contributed by atoms with Crippen molar-refractivity contribution in [1.82, 2.24) is 9.99 Å². The van der Waals surface area contributed by atoms with Gasteiger partial charge in [0.05, 0.1) is 6.61 Å². The predicted octanol–water partition coefficient (Wildman–Crippen LogP) is 0.891. The van der Waals surface area contributed by atoms with Gasteiger partial charge in [-0.2, -0.15) is 0 Å². The first-order valence-electron chi connectivity index (χ1n) is 5.35. The summed E-state index contributed by atoms with van der Waals surface area (Å²) in [6, 6.07) is 7.50. The highest BCUT2D eigenvalue weighted by Gasteiger charge is 2.07. The van der Waals surface area contributed by atoms with E-state index >= 15 is 0 Å². The number of rotatable bonds is 4. The van der Waals surface area contributed by atoms with Gasteiger partial charge in [0.2, 0.25) is 0 Å². The van der Waals surface area contributed by atoms with Gasteiger partial charge in [0.1, 0.15) is 0 Å². The standard InChI is InChI=1S/C12H15N3O2/c1-17-7-6-15-5-4-9-2-3-10(8-11(9)15)12(16)14-13/h2-5,8H,6-7,13H2,1H3,(H,14,16). The molecule has 0 aliphatic rings. The van der Waals surface area contributed by atoms with Crippen LogP contribution in [0.5, 0.6) is 0 Å². The number of hydrogen-bond donors (Lipinski definition) is 2. The molecule has 17 heavy (non-hydrogen) atoms. The zero-order chi connectivity index (χ0) is 12.3. The molecule has 5 nitrogen and oxygen atoms in total. The lowest BCUT2D eigenvalue weighted by Gasteiger charge is -2.05. The van der Waals surface area contributed by atoms with Crippen LogP contribution in [-0.4, -0.2) is 24.2 Å². The van der Waals surface area contributed by atoms with Gasteiger partial charge in [-0.3, -0.25) is 10.2 Å². The minimum absolute atomic E-state index is 0.286. The van der Waals surface area contributed by atoms with Crippen LogP contribution in [0.15, 0.2) is 30.5 Å². The molecular weight excluding hydrogens is 218 g/mol. The molecule has 90 valence electrons. The summed E-state index contributed by atoms with van der Waals surface area (Å²) in [4.78, 5) is 11.4. The smallest absolute Gasteiger partial charge is 0.265 e. The fourth-order valence-electron chi connectivity index (χ4n) is 1.79. The van der Waals surface area contributed by atoms with Gasteiger partial charge >= 0.3 is 0 Å². The van der Waals surface area contributed by atoms with Crippen LogP contribution in [0.3, 0.4) is 0 Å². The highest BCUT2D eigenvalue weighted by molar-refractivity contribution is 5.97. The summed E-state index contributed by atoms with van der Waals surface area (Å²) in [5.74, 6) is 4.83. The predicted molar refractivity (Wildman–Crippen MR) is 65.5 cm³/mol. The molecule has 0 saturated carbocycles. The molecule has 0 atom stereocenters. The molecule has 5 heteroatoms.